The third-order valence-electron chi connectivity index (χ3n) is 3.80. The molecule has 0 saturated heterocycles. The number of aliphatic hydroxyl groups excluding tert-OH is 2. The highest BCUT2D eigenvalue weighted by molar-refractivity contribution is 5.95. The molecule has 0 aliphatic carbocycles. The highest BCUT2D eigenvalue weighted by atomic mass is 16.3. The van der Waals surface area contributed by atoms with Crippen LogP contribution < -0.4 is 0 Å². The van der Waals surface area contributed by atoms with Crippen LogP contribution in [0.1, 0.15) is 33.5 Å². The lowest BCUT2D eigenvalue weighted by Gasteiger charge is -2.27. The van der Waals surface area contributed by atoms with Crippen LogP contribution in [0.25, 0.3) is 0 Å². The summed E-state index contributed by atoms with van der Waals surface area (Å²) in [6, 6.07) is 3.52. The zero-order chi connectivity index (χ0) is 15.0. The molecule has 1 aliphatic rings. The molecule has 0 spiro atoms. The van der Waals surface area contributed by atoms with Gasteiger partial charge in [0, 0.05) is 18.4 Å². The molecule has 1 atom stereocenters. The van der Waals surface area contributed by atoms with E-state index in [2.05, 4.69) is 10.1 Å². The second-order valence-electron chi connectivity index (χ2n) is 5.23. The maximum atomic E-state index is 12.5. The van der Waals surface area contributed by atoms with E-state index in [0.29, 0.717) is 30.9 Å². The summed E-state index contributed by atoms with van der Waals surface area (Å²) in [4.78, 5) is 17.2. The second kappa shape index (κ2) is 5.34. The zero-order valence-electron chi connectivity index (χ0n) is 11.8. The van der Waals surface area contributed by atoms with Crippen LogP contribution in [-0.4, -0.2) is 48.9 Å². The summed E-state index contributed by atoms with van der Waals surface area (Å²) in [5.41, 5.74) is 2.85. The molecule has 3 rings (SSSR count). The smallest absolute Gasteiger partial charge is 0.256 e. The minimum absolute atomic E-state index is 0.00884. The molecule has 0 aromatic carbocycles. The number of rotatable bonds is 3. The van der Waals surface area contributed by atoms with E-state index >= 15 is 0 Å². The standard InChI is InChI=1S/C14H18N4O3/c1-9-11(2-3-15-9)14(21)17-4-5-18-10(7-17)6-12(16-18)13(20)8-19/h2-3,6,13,15,19-20H,4-5,7-8H2,1H3. The fraction of sp³-hybridized carbons (Fsp3) is 0.429. The third-order valence-corrected chi connectivity index (χ3v) is 3.80. The first-order chi connectivity index (χ1) is 10.1. The van der Waals surface area contributed by atoms with Gasteiger partial charge in [-0.2, -0.15) is 5.10 Å². The van der Waals surface area contributed by atoms with Crippen molar-refractivity contribution in [3.05, 3.63) is 41.0 Å². The van der Waals surface area contributed by atoms with Gasteiger partial charge in [0.2, 0.25) is 0 Å². The summed E-state index contributed by atoms with van der Waals surface area (Å²) in [6.45, 7) is 3.13. The first-order valence-electron chi connectivity index (χ1n) is 6.89. The van der Waals surface area contributed by atoms with Crippen molar-refractivity contribution in [2.24, 2.45) is 0 Å². The van der Waals surface area contributed by atoms with Crippen molar-refractivity contribution in [3.8, 4) is 0 Å². The Hall–Kier alpha value is -2.12. The molecule has 1 unspecified atom stereocenters. The van der Waals surface area contributed by atoms with Crippen molar-refractivity contribution >= 4 is 5.91 Å². The van der Waals surface area contributed by atoms with E-state index in [1.54, 1.807) is 27.9 Å². The number of carbonyl (C=O) groups is 1. The van der Waals surface area contributed by atoms with E-state index in [0.717, 1.165) is 11.4 Å². The van der Waals surface area contributed by atoms with Crippen LogP contribution in [0.15, 0.2) is 18.3 Å². The average Bonchev–Trinajstić information content (AvgIpc) is 3.10. The van der Waals surface area contributed by atoms with Gasteiger partial charge in [-0.1, -0.05) is 0 Å². The highest BCUT2D eigenvalue weighted by Gasteiger charge is 2.25. The molecule has 0 bridgehead atoms. The van der Waals surface area contributed by atoms with Crippen molar-refractivity contribution < 1.29 is 15.0 Å². The van der Waals surface area contributed by atoms with Gasteiger partial charge in [0.25, 0.3) is 5.91 Å². The van der Waals surface area contributed by atoms with Crippen LogP contribution in [0, 0.1) is 6.92 Å². The molecular weight excluding hydrogens is 272 g/mol. The topological polar surface area (TPSA) is 94.4 Å². The van der Waals surface area contributed by atoms with Crippen molar-refractivity contribution in [3.63, 3.8) is 0 Å². The summed E-state index contributed by atoms with van der Waals surface area (Å²) in [6.07, 6.45) is 0.783. The lowest BCUT2D eigenvalue weighted by Crippen LogP contribution is -2.38. The number of aromatic amines is 1. The van der Waals surface area contributed by atoms with Gasteiger partial charge >= 0.3 is 0 Å². The number of hydrogen-bond donors (Lipinski definition) is 3. The summed E-state index contributed by atoms with van der Waals surface area (Å²) in [7, 11) is 0. The van der Waals surface area contributed by atoms with E-state index in [4.69, 9.17) is 5.11 Å². The quantitative estimate of drug-likeness (QED) is 0.752. The average molecular weight is 290 g/mol. The van der Waals surface area contributed by atoms with Crippen LogP contribution in [-0.2, 0) is 13.1 Å². The first-order valence-corrected chi connectivity index (χ1v) is 6.89. The first kappa shape index (κ1) is 13.8. The molecule has 3 N–H and O–H groups in total. The molecule has 2 aromatic heterocycles. The van der Waals surface area contributed by atoms with Crippen molar-refractivity contribution in [1.29, 1.82) is 0 Å². The molecule has 3 heterocycles. The summed E-state index contributed by atoms with van der Waals surface area (Å²) < 4.78 is 1.78. The van der Waals surface area contributed by atoms with Gasteiger partial charge in [0.1, 0.15) is 6.10 Å². The highest BCUT2D eigenvalue weighted by Crippen LogP contribution is 2.20. The molecule has 0 saturated carbocycles. The van der Waals surface area contributed by atoms with Gasteiger partial charge in [-0.15, -0.1) is 0 Å². The lowest BCUT2D eigenvalue weighted by atomic mass is 10.2. The predicted octanol–water partition coefficient (Wildman–Crippen LogP) is 0.201. The number of hydrogen-bond acceptors (Lipinski definition) is 4. The Morgan fingerprint density at radius 1 is 1.52 bits per heavy atom. The monoisotopic (exact) mass is 290 g/mol. The number of fused-ring (bicyclic) bond motifs is 1. The van der Waals surface area contributed by atoms with Gasteiger partial charge in [-0.25, -0.2) is 0 Å². The number of aryl methyl sites for hydroxylation is 1. The Morgan fingerprint density at radius 2 is 2.33 bits per heavy atom. The van der Waals surface area contributed by atoms with Crippen LogP contribution in [0.5, 0.6) is 0 Å². The minimum atomic E-state index is -0.973. The van der Waals surface area contributed by atoms with E-state index in [1.807, 2.05) is 6.92 Å². The van der Waals surface area contributed by atoms with Crippen molar-refractivity contribution in [2.75, 3.05) is 13.2 Å². The summed E-state index contributed by atoms with van der Waals surface area (Å²) in [5, 5.41) is 22.9. The Morgan fingerprint density at radius 3 is 3.00 bits per heavy atom. The zero-order valence-corrected chi connectivity index (χ0v) is 11.8. The number of nitrogens with one attached hydrogen (secondary N) is 1. The van der Waals surface area contributed by atoms with Crippen LogP contribution >= 0.6 is 0 Å². The molecule has 1 amide bonds. The molecule has 7 heteroatoms. The number of nitrogens with zero attached hydrogens (tertiary/aromatic N) is 3. The van der Waals surface area contributed by atoms with E-state index in [-0.39, 0.29) is 12.5 Å². The molecule has 1 aliphatic heterocycles. The van der Waals surface area contributed by atoms with Crippen LogP contribution in [0.2, 0.25) is 0 Å². The SMILES string of the molecule is Cc1[nH]ccc1C(=O)N1CCn2nc(C(O)CO)cc2C1. The number of aromatic nitrogens is 3. The van der Waals surface area contributed by atoms with Crippen LogP contribution in [0.3, 0.4) is 0 Å². The maximum Gasteiger partial charge on any atom is 0.256 e. The normalized spacial score (nSPS) is 15.9. The summed E-state index contributed by atoms with van der Waals surface area (Å²) in [5.74, 6) is -0.00884. The lowest BCUT2D eigenvalue weighted by molar-refractivity contribution is 0.0704. The Labute approximate surface area is 121 Å². The number of carbonyl (C=O) groups excluding carboxylic acids is 1. The third kappa shape index (κ3) is 2.45. The molecule has 7 nitrogen and oxygen atoms in total. The Bertz CT molecular complexity index is 661. The number of amides is 1. The fourth-order valence-corrected chi connectivity index (χ4v) is 2.57. The number of H-pyrrole nitrogens is 1. The molecule has 112 valence electrons. The van der Waals surface area contributed by atoms with Crippen LogP contribution in [0.4, 0.5) is 0 Å². The van der Waals surface area contributed by atoms with Crippen molar-refractivity contribution in [1.82, 2.24) is 19.7 Å². The summed E-state index contributed by atoms with van der Waals surface area (Å²) >= 11 is 0. The number of aliphatic hydroxyl groups is 2. The largest absolute Gasteiger partial charge is 0.393 e. The van der Waals surface area contributed by atoms with Gasteiger partial charge in [0.15, 0.2) is 0 Å². The maximum absolute atomic E-state index is 12.5. The molecule has 2 aromatic rings. The van der Waals surface area contributed by atoms with Crippen molar-refractivity contribution in [2.45, 2.75) is 26.1 Å². The van der Waals surface area contributed by atoms with Gasteiger partial charge < -0.3 is 20.1 Å². The Kier molecular flexibility index (Phi) is 3.52. The molecule has 21 heavy (non-hydrogen) atoms. The van der Waals surface area contributed by atoms with Gasteiger partial charge in [-0.05, 0) is 19.1 Å². The van der Waals surface area contributed by atoms with E-state index in [9.17, 15) is 9.90 Å². The Balaban J connectivity index is 1.80. The molecular formula is C14H18N4O3. The second-order valence-corrected chi connectivity index (χ2v) is 5.23. The van der Waals surface area contributed by atoms with E-state index in [1.165, 1.54) is 0 Å². The molecule has 0 fully saturated rings. The fourth-order valence-electron chi connectivity index (χ4n) is 2.57. The molecule has 0 radical (unpaired) electrons. The van der Waals surface area contributed by atoms with E-state index < -0.39 is 6.10 Å². The van der Waals surface area contributed by atoms with Gasteiger partial charge in [-0.3, -0.25) is 9.48 Å². The minimum Gasteiger partial charge on any atom is -0.393 e. The predicted molar refractivity (Wildman–Crippen MR) is 74.5 cm³/mol. The van der Waals surface area contributed by atoms with Gasteiger partial charge in [0.05, 0.1) is 36.6 Å².